The third-order valence-electron chi connectivity index (χ3n) is 3.04. The van der Waals surface area contributed by atoms with Gasteiger partial charge in [-0.25, -0.2) is 18.4 Å². The van der Waals surface area contributed by atoms with Crippen LogP contribution in [0.2, 0.25) is 0 Å². The smallest absolute Gasteiger partial charge is 0.341 e. The minimum Gasteiger partial charge on any atom is -0.487 e. The van der Waals surface area contributed by atoms with Crippen LogP contribution in [-0.4, -0.2) is 25.7 Å². The van der Waals surface area contributed by atoms with Crippen molar-refractivity contribution >= 4 is 11.9 Å². The predicted octanol–water partition coefficient (Wildman–Crippen LogP) is 2.58. The molecule has 122 valence electrons. The van der Waals surface area contributed by atoms with Crippen LogP contribution in [0.15, 0.2) is 41.7 Å². The Kier molecular flexibility index (Phi) is 5.10. The molecule has 0 saturated heterocycles. The standard InChI is InChI=1S/C16H14F2O5/c1-3-22-15(19)10-6-13(16(20)21-2)14(23-8-10)9-4-11(17)7-12(18)5-9/h4-8,14H,3H2,1-2H3/t14-/m1/s1. The average Bonchev–Trinajstić information content (AvgIpc) is 2.52. The number of methoxy groups -OCH3 is 1. The van der Waals surface area contributed by atoms with Crippen molar-refractivity contribution in [2.24, 2.45) is 0 Å². The first-order chi connectivity index (χ1) is 11.0. The summed E-state index contributed by atoms with van der Waals surface area (Å²) in [6.07, 6.45) is 1.21. The number of benzene rings is 1. The van der Waals surface area contributed by atoms with E-state index in [2.05, 4.69) is 4.74 Å². The lowest BCUT2D eigenvalue weighted by Gasteiger charge is -2.23. The van der Waals surface area contributed by atoms with Gasteiger partial charge in [0.1, 0.15) is 11.6 Å². The highest BCUT2D eigenvalue weighted by atomic mass is 19.1. The van der Waals surface area contributed by atoms with Crippen LogP contribution in [0.25, 0.3) is 0 Å². The number of halogens is 2. The monoisotopic (exact) mass is 324 g/mol. The molecule has 0 unspecified atom stereocenters. The zero-order valence-corrected chi connectivity index (χ0v) is 12.5. The Morgan fingerprint density at radius 1 is 1.17 bits per heavy atom. The minimum atomic E-state index is -1.09. The zero-order chi connectivity index (χ0) is 17.0. The Morgan fingerprint density at radius 2 is 1.83 bits per heavy atom. The molecule has 0 saturated carbocycles. The Morgan fingerprint density at radius 3 is 2.39 bits per heavy atom. The molecule has 1 heterocycles. The number of ether oxygens (including phenoxy) is 3. The van der Waals surface area contributed by atoms with E-state index in [1.165, 1.54) is 6.08 Å². The summed E-state index contributed by atoms with van der Waals surface area (Å²) in [7, 11) is 1.15. The van der Waals surface area contributed by atoms with Crippen molar-refractivity contribution in [1.29, 1.82) is 0 Å². The Bertz CT molecular complexity index is 673. The molecule has 1 aliphatic heterocycles. The van der Waals surface area contributed by atoms with Gasteiger partial charge in [0, 0.05) is 11.6 Å². The maximum absolute atomic E-state index is 13.4. The van der Waals surface area contributed by atoms with E-state index in [4.69, 9.17) is 9.47 Å². The summed E-state index contributed by atoms with van der Waals surface area (Å²) < 4.78 is 41.5. The Hall–Kier alpha value is -2.70. The zero-order valence-electron chi connectivity index (χ0n) is 12.5. The van der Waals surface area contributed by atoms with Crippen molar-refractivity contribution in [3.8, 4) is 0 Å². The van der Waals surface area contributed by atoms with Gasteiger partial charge in [-0.3, -0.25) is 0 Å². The van der Waals surface area contributed by atoms with Crippen LogP contribution in [0.3, 0.4) is 0 Å². The van der Waals surface area contributed by atoms with E-state index in [-0.39, 0.29) is 23.3 Å². The third-order valence-corrected chi connectivity index (χ3v) is 3.04. The van der Waals surface area contributed by atoms with Crippen LogP contribution in [0.4, 0.5) is 8.78 Å². The SMILES string of the molecule is CCOC(=O)C1=CO[C@H](c2cc(F)cc(F)c2)C(C(=O)OC)=C1. The highest BCUT2D eigenvalue weighted by molar-refractivity contribution is 5.97. The highest BCUT2D eigenvalue weighted by Gasteiger charge is 2.30. The first kappa shape index (κ1) is 16.7. The summed E-state index contributed by atoms with van der Waals surface area (Å²) in [5.41, 5.74) is 0.0155. The van der Waals surface area contributed by atoms with Gasteiger partial charge in [-0.15, -0.1) is 0 Å². The summed E-state index contributed by atoms with van der Waals surface area (Å²) in [5, 5.41) is 0. The minimum absolute atomic E-state index is 0.000347. The summed E-state index contributed by atoms with van der Waals surface area (Å²) >= 11 is 0. The van der Waals surface area contributed by atoms with Gasteiger partial charge in [0.05, 0.1) is 31.1 Å². The van der Waals surface area contributed by atoms with Crippen molar-refractivity contribution in [3.63, 3.8) is 0 Å². The quantitative estimate of drug-likeness (QED) is 0.797. The van der Waals surface area contributed by atoms with Gasteiger partial charge in [-0.2, -0.15) is 0 Å². The van der Waals surface area contributed by atoms with Gasteiger partial charge in [0.2, 0.25) is 0 Å². The molecule has 5 nitrogen and oxygen atoms in total. The van der Waals surface area contributed by atoms with E-state index in [0.29, 0.717) is 6.07 Å². The van der Waals surface area contributed by atoms with Gasteiger partial charge < -0.3 is 14.2 Å². The number of carbonyl (C=O) groups is 2. The lowest BCUT2D eigenvalue weighted by Crippen LogP contribution is -2.20. The molecule has 7 heteroatoms. The normalized spacial score (nSPS) is 16.8. The number of hydrogen-bond acceptors (Lipinski definition) is 5. The van der Waals surface area contributed by atoms with Gasteiger partial charge in [0.15, 0.2) is 6.10 Å². The molecule has 0 amide bonds. The molecule has 23 heavy (non-hydrogen) atoms. The maximum Gasteiger partial charge on any atom is 0.341 e. The van der Waals surface area contributed by atoms with Gasteiger partial charge in [0.25, 0.3) is 0 Å². The van der Waals surface area contributed by atoms with E-state index in [9.17, 15) is 18.4 Å². The second kappa shape index (κ2) is 7.04. The van der Waals surface area contributed by atoms with Crippen molar-refractivity contribution in [3.05, 3.63) is 58.9 Å². The fraction of sp³-hybridized carbons (Fsp3) is 0.250. The van der Waals surface area contributed by atoms with E-state index in [1.54, 1.807) is 6.92 Å². The van der Waals surface area contributed by atoms with E-state index >= 15 is 0 Å². The summed E-state index contributed by atoms with van der Waals surface area (Å²) in [4.78, 5) is 23.6. The second-order valence-electron chi connectivity index (χ2n) is 4.60. The highest BCUT2D eigenvalue weighted by Crippen LogP contribution is 2.32. The first-order valence-electron chi connectivity index (χ1n) is 6.75. The number of carbonyl (C=O) groups excluding carboxylic acids is 2. The summed E-state index contributed by atoms with van der Waals surface area (Å²) in [6, 6.07) is 2.77. The molecule has 1 aliphatic rings. The molecule has 1 atom stereocenters. The molecular formula is C16H14F2O5. The lowest BCUT2D eigenvalue weighted by molar-refractivity contribution is -0.138. The molecule has 0 spiro atoms. The lowest BCUT2D eigenvalue weighted by atomic mass is 9.97. The van der Waals surface area contributed by atoms with Gasteiger partial charge >= 0.3 is 11.9 Å². The van der Waals surface area contributed by atoms with Crippen LogP contribution in [-0.2, 0) is 23.8 Å². The van der Waals surface area contributed by atoms with Crippen molar-refractivity contribution in [1.82, 2.24) is 0 Å². The molecule has 0 aliphatic carbocycles. The van der Waals surface area contributed by atoms with Crippen molar-refractivity contribution in [2.75, 3.05) is 13.7 Å². The molecule has 0 radical (unpaired) electrons. The Labute approximate surface area is 131 Å². The number of esters is 2. The topological polar surface area (TPSA) is 61.8 Å². The van der Waals surface area contributed by atoms with E-state index in [1.807, 2.05) is 0 Å². The molecular weight excluding hydrogens is 310 g/mol. The Balaban J connectivity index is 2.40. The van der Waals surface area contributed by atoms with Crippen LogP contribution in [0, 0.1) is 11.6 Å². The van der Waals surface area contributed by atoms with Crippen LogP contribution < -0.4 is 0 Å². The maximum atomic E-state index is 13.4. The molecule has 0 bridgehead atoms. The summed E-state index contributed by atoms with van der Waals surface area (Å²) in [5.74, 6) is -3.09. The van der Waals surface area contributed by atoms with E-state index in [0.717, 1.165) is 25.5 Å². The predicted molar refractivity (Wildman–Crippen MR) is 75.0 cm³/mol. The van der Waals surface area contributed by atoms with E-state index < -0.39 is 29.7 Å². The third kappa shape index (κ3) is 3.74. The molecule has 0 fully saturated rings. The van der Waals surface area contributed by atoms with Crippen LogP contribution in [0.1, 0.15) is 18.6 Å². The second-order valence-corrected chi connectivity index (χ2v) is 4.60. The van der Waals surface area contributed by atoms with Crippen LogP contribution >= 0.6 is 0 Å². The van der Waals surface area contributed by atoms with Crippen LogP contribution in [0.5, 0.6) is 0 Å². The summed E-state index contributed by atoms with van der Waals surface area (Å²) in [6.45, 7) is 1.78. The number of rotatable bonds is 4. The fourth-order valence-electron chi connectivity index (χ4n) is 2.08. The molecule has 0 aromatic heterocycles. The molecule has 1 aromatic rings. The first-order valence-corrected chi connectivity index (χ1v) is 6.75. The average molecular weight is 324 g/mol. The van der Waals surface area contributed by atoms with Crippen molar-refractivity contribution in [2.45, 2.75) is 13.0 Å². The fourth-order valence-corrected chi connectivity index (χ4v) is 2.08. The van der Waals surface area contributed by atoms with Gasteiger partial charge in [-0.05, 0) is 25.1 Å². The van der Waals surface area contributed by atoms with Gasteiger partial charge in [-0.1, -0.05) is 0 Å². The van der Waals surface area contributed by atoms with Crippen molar-refractivity contribution < 1.29 is 32.6 Å². The number of hydrogen-bond donors (Lipinski definition) is 0. The largest absolute Gasteiger partial charge is 0.487 e. The molecule has 0 N–H and O–H groups in total. The molecule has 2 rings (SSSR count). The molecule has 1 aromatic carbocycles.